The fraction of sp³-hybridized carbons (Fsp3) is 0.100. The Hall–Kier alpha value is -1.93. The number of ether oxygens (including phenoxy) is 1. The van der Waals surface area contributed by atoms with Gasteiger partial charge in [0.1, 0.15) is 0 Å². The standard InChI is InChI=1S/C10H8O2/c1-3-4-5-6-7-8-9-10(11)12-2/h3,8-9H,1H2,2H3/b9-8-. The molecule has 60 valence electrons. The van der Waals surface area contributed by atoms with Crippen molar-refractivity contribution in [2.45, 2.75) is 0 Å². The first kappa shape index (κ1) is 10.1. The summed E-state index contributed by atoms with van der Waals surface area (Å²) in [6.07, 6.45) is 4.05. The molecular formula is C10H8O2. The van der Waals surface area contributed by atoms with Crippen molar-refractivity contribution in [2.24, 2.45) is 0 Å². The maximum atomic E-state index is 10.5. The van der Waals surface area contributed by atoms with Crippen LogP contribution in [0.5, 0.6) is 0 Å². The molecule has 0 rings (SSSR count). The van der Waals surface area contributed by atoms with Gasteiger partial charge in [-0.05, 0) is 24.0 Å². The van der Waals surface area contributed by atoms with Gasteiger partial charge in [-0.3, -0.25) is 0 Å². The Morgan fingerprint density at radius 3 is 2.67 bits per heavy atom. The number of carbonyl (C=O) groups excluding carboxylic acids is 1. The van der Waals surface area contributed by atoms with Crippen molar-refractivity contribution in [1.82, 2.24) is 0 Å². The van der Waals surface area contributed by atoms with Gasteiger partial charge in [0.05, 0.1) is 7.11 Å². The van der Waals surface area contributed by atoms with Crippen LogP contribution in [0.3, 0.4) is 0 Å². The highest BCUT2D eigenvalue weighted by atomic mass is 16.5. The maximum Gasteiger partial charge on any atom is 0.331 e. The van der Waals surface area contributed by atoms with Crippen LogP contribution in [0.2, 0.25) is 0 Å². The normalized spacial score (nSPS) is 7.42. The van der Waals surface area contributed by atoms with Crippen molar-refractivity contribution >= 4 is 5.97 Å². The Balaban J connectivity index is 3.93. The summed E-state index contributed by atoms with van der Waals surface area (Å²) in [5.41, 5.74) is 0. The number of hydrogen-bond acceptors (Lipinski definition) is 2. The second-order valence-corrected chi connectivity index (χ2v) is 1.60. The van der Waals surface area contributed by atoms with Gasteiger partial charge in [0.2, 0.25) is 0 Å². The van der Waals surface area contributed by atoms with Crippen molar-refractivity contribution in [2.75, 3.05) is 7.11 Å². The predicted molar refractivity (Wildman–Crippen MR) is 46.9 cm³/mol. The quantitative estimate of drug-likeness (QED) is 0.324. The average molecular weight is 160 g/mol. The molecule has 0 aromatic rings. The lowest BCUT2D eigenvalue weighted by Gasteiger charge is -1.84. The molecule has 0 saturated carbocycles. The van der Waals surface area contributed by atoms with Crippen LogP contribution in [-0.2, 0) is 9.53 Å². The van der Waals surface area contributed by atoms with Crippen LogP contribution in [0.25, 0.3) is 0 Å². The zero-order chi connectivity index (χ0) is 9.23. The zero-order valence-corrected chi connectivity index (χ0v) is 6.76. The lowest BCUT2D eigenvalue weighted by Crippen LogP contribution is -1.92. The molecule has 2 heteroatoms. The van der Waals surface area contributed by atoms with Gasteiger partial charge in [0.25, 0.3) is 0 Å². The topological polar surface area (TPSA) is 26.3 Å². The summed E-state index contributed by atoms with van der Waals surface area (Å²) in [6.45, 7) is 3.39. The van der Waals surface area contributed by atoms with E-state index in [0.29, 0.717) is 0 Å². The minimum Gasteiger partial charge on any atom is -0.466 e. The summed E-state index contributed by atoms with van der Waals surface area (Å²) < 4.78 is 4.33. The fourth-order valence-electron chi connectivity index (χ4n) is 0.343. The molecule has 0 heterocycles. The molecule has 12 heavy (non-hydrogen) atoms. The average Bonchev–Trinajstić information content (AvgIpc) is 2.10. The van der Waals surface area contributed by atoms with Crippen molar-refractivity contribution in [3.63, 3.8) is 0 Å². The molecule has 0 aliphatic heterocycles. The third kappa shape index (κ3) is 6.19. The minimum atomic E-state index is -0.430. The van der Waals surface area contributed by atoms with Gasteiger partial charge in [-0.1, -0.05) is 18.4 Å². The van der Waals surface area contributed by atoms with E-state index >= 15 is 0 Å². The van der Waals surface area contributed by atoms with Crippen LogP contribution in [0.4, 0.5) is 0 Å². The highest BCUT2D eigenvalue weighted by Gasteiger charge is 1.85. The third-order valence-electron chi connectivity index (χ3n) is 0.813. The lowest BCUT2D eigenvalue weighted by molar-refractivity contribution is -0.134. The summed E-state index contributed by atoms with van der Waals surface area (Å²) in [5, 5.41) is 0. The van der Waals surface area contributed by atoms with Gasteiger partial charge >= 0.3 is 5.97 Å². The van der Waals surface area contributed by atoms with Gasteiger partial charge < -0.3 is 4.74 Å². The molecule has 0 aromatic heterocycles. The second-order valence-electron chi connectivity index (χ2n) is 1.60. The molecule has 0 radical (unpaired) electrons. The highest BCUT2D eigenvalue weighted by molar-refractivity contribution is 5.82. The minimum absolute atomic E-state index is 0.430. The van der Waals surface area contributed by atoms with Crippen LogP contribution < -0.4 is 0 Å². The van der Waals surface area contributed by atoms with Crippen molar-refractivity contribution < 1.29 is 9.53 Å². The Labute approximate surface area is 71.9 Å². The van der Waals surface area contributed by atoms with Crippen LogP contribution >= 0.6 is 0 Å². The number of carbonyl (C=O) groups is 1. The van der Waals surface area contributed by atoms with E-state index in [1.54, 1.807) is 0 Å². The molecule has 0 N–H and O–H groups in total. The molecule has 0 bridgehead atoms. The van der Waals surface area contributed by atoms with E-state index in [4.69, 9.17) is 0 Å². The van der Waals surface area contributed by atoms with E-state index < -0.39 is 5.97 Å². The molecule has 0 unspecified atom stereocenters. The Kier molecular flexibility index (Phi) is 6.03. The summed E-state index contributed by atoms with van der Waals surface area (Å²) in [7, 11) is 1.30. The molecule has 0 aliphatic rings. The summed E-state index contributed by atoms with van der Waals surface area (Å²) in [6, 6.07) is 0. The molecule has 2 nitrogen and oxygen atoms in total. The first-order valence-electron chi connectivity index (χ1n) is 3.17. The zero-order valence-electron chi connectivity index (χ0n) is 6.76. The van der Waals surface area contributed by atoms with Crippen LogP contribution in [0, 0.1) is 23.7 Å². The first-order chi connectivity index (χ1) is 5.81. The van der Waals surface area contributed by atoms with Gasteiger partial charge in [0.15, 0.2) is 0 Å². The van der Waals surface area contributed by atoms with E-state index in [2.05, 4.69) is 35.0 Å². The van der Waals surface area contributed by atoms with Crippen molar-refractivity contribution in [3.05, 3.63) is 24.8 Å². The molecule has 0 aromatic carbocycles. The van der Waals surface area contributed by atoms with Crippen LogP contribution in [-0.4, -0.2) is 13.1 Å². The van der Waals surface area contributed by atoms with E-state index in [9.17, 15) is 4.79 Å². The molecule has 0 amide bonds. The molecule has 0 fully saturated rings. The smallest absolute Gasteiger partial charge is 0.331 e. The van der Waals surface area contributed by atoms with Crippen molar-refractivity contribution in [1.29, 1.82) is 0 Å². The maximum absolute atomic E-state index is 10.5. The molecule has 0 spiro atoms. The van der Waals surface area contributed by atoms with Gasteiger partial charge in [-0.25, -0.2) is 4.79 Å². The monoisotopic (exact) mass is 160 g/mol. The Bertz CT molecular complexity index is 302. The van der Waals surface area contributed by atoms with Crippen LogP contribution in [0.15, 0.2) is 24.8 Å². The van der Waals surface area contributed by atoms with Crippen molar-refractivity contribution in [3.8, 4) is 23.7 Å². The summed E-state index contributed by atoms with van der Waals surface area (Å²) in [5.74, 6) is 9.63. The second kappa shape index (κ2) is 7.18. The molecular weight excluding hydrogens is 152 g/mol. The number of allylic oxidation sites excluding steroid dienone is 2. The van der Waals surface area contributed by atoms with E-state index in [0.717, 1.165) is 0 Å². The largest absolute Gasteiger partial charge is 0.466 e. The molecule has 0 atom stereocenters. The summed E-state index contributed by atoms with van der Waals surface area (Å²) in [4.78, 5) is 10.5. The van der Waals surface area contributed by atoms with Crippen LogP contribution in [0.1, 0.15) is 0 Å². The van der Waals surface area contributed by atoms with Gasteiger partial charge in [0, 0.05) is 6.08 Å². The Morgan fingerprint density at radius 1 is 1.42 bits per heavy atom. The summed E-state index contributed by atoms with van der Waals surface area (Å²) >= 11 is 0. The number of rotatable bonds is 1. The third-order valence-corrected chi connectivity index (χ3v) is 0.813. The lowest BCUT2D eigenvalue weighted by atomic mass is 10.4. The highest BCUT2D eigenvalue weighted by Crippen LogP contribution is 1.75. The molecule has 0 saturated heterocycles. The number of esters is 1. The Morgan fingerprint density at radius 2 is 2.08 bits per heavy atom. The number of hydrogen-bond donors (Lipinski definition) is 0. The van der Waals surface area contributed by atoms with E-state index in [-0.39, 0.29) is 0 Å². The fourth-order valence-corrected chi connectivity index (χ4v) is 0.343. The first-order valence-corrected chi connectivity index (χ1v) is 3.17. The van der Waals surface area contributed by atoms with E-state index in [1.165, 1.54) is 25.3 Å². The van der Waals surface area contributed by atoms with Gasteiger partial charge in [-0.2, -0.15) is 0 Å². The van der Waals surface area contributed by atoms with Gasteiger partial charge in [-0.15, -0.1) is 0 Å². The molecule has 0 aliphatic carbocycles. The van der Waals surface area contributed by atoms with E-state index in [1.807, 2.05) is 0 Å². The number of methoxy groups -OCH3 is 1. The predicted octanol–water partition coefficient (Wildman–Crippen LogP) is 0.908. The SMILES string of the molecule is C=CC#CC#C/C=C\C(=O)OC.